The largest absolute Gasteiger partial charge is 0.492 e. The lowest BCUT2D eigenvalue weighted by atomic mass is 10.2. The van der Waals surface area contributed by atoms with Crippen molar-refractivity contribution < 1.29 is 9.53 Å². The van der Waals surface area contributed by atoms with Crippen molar-refractivity contribution >= 4 is 27.5 Å². The normalized spacial score (nSPS) is 14.4. The lowest BCUT2D eigenvalue weighted by Crippen LogP contribution is -2.50. The molecule has 1 amide bonds. The number of carbonyl (C=O) groups excluding carboxylic acids is 1. The number of thiophene rings is 1. The molecule has 0 atom stereocenters. The van der Waals surface area contributed by atoms with Gasteiger partial charge in [-0.15, -0.1) is 11.3 Å². The van der Waals surface area contributed by atoms with Crippen molar-refractivity contribution in [2.45, 2.75) is 6.54 Å². The minimum absolute atomic E-state index is 0.0114. The number of ether oxygens (including phenoxy) is 1. The highest BCUT2D eigenvalue weighted by molar-refractivity contribution is 7.22. The zero-order chi connectivity index (χ0) is 23.3. The van der Waals surface area contributed by atoms with Gasteiger partial charge in [-0.25, -0.2) is 4.98 Å². The van der Waals surface area contributed by atoms with Gasteiger partial charge in [0.1, 0.15) is 23.6 Å². The third-order valence-electron chi connectivity index (χ3n) is 6.01. The fourth-order valence-electron chi connectivity index (χ4n) is 4.08. The molecule has 2 aromatic carbocycles. The van der Waals surface area contributed by atoms with Gasteiger partial charge in [-0.05, 0) is 23.8 Å². The second kappa shape index (κ2) is 10.2. The molecule has 0 bridgehead atoms. The molecule has 1 aliphatic heterocycles. The average Bonchev–Trinajstić information content (AvgIpc) is 3.33. The summed E-state index contributed by atoms with van der Waals surface area (Å²) in [5, 5.41) is 0. The second-order valence-electron chi connectivity index (χ2n) is 8.25. The highest BCUT2D eigenvalue weighted by Gasteiger charge is 2.22. The van der Waals surface area contributed by atoms with Crippen LogP contribution in [-0.2, 0) is 11.3 Å². The minimum Gasteiger partial charge on any atom is -0.492 e. The van der Waals surface area contributed by atoms with Crippen molar-refractivity contribution in [1.29, 1.82) is 0 Å². The Bertz CT molecular complexity index is 1310. The number of hydrogen-bond donors (Lipinski definition) is 0. The van der Waals surface area contributed by atoms with Gasteiger partial charge >= 0.3 is 0 Å². The highest BCUT2D eigenvalue weighted by Crippen LogP contribution is 2.30. The monoisotopic (exact) mass is 474 g/mol. The molecule has 0 N–H and O–H groups in total. The Labute approximate surface area is 201 Å². The maximum atomic E-state index is 13.0. The molecule has 1 saturated heterocycles. The molecule has 174 valence electrons. The number of nitrogens with zero attached hydrogens (tertiary/aromatic N) is 4. The zero-order valence-corrected chi connectivity index (χ0v) is 19.6. The molecule has 8 heteroatoms. The summed E-state index contributed by atoms with van der Waals surface area (Å²) < 4.78 is 7.78. The first kappa shape index (κ1) is 22.3. The van der Waals surface area contributed by atoms with Crippen LogP contribution in [0.15, 0.2) is 77.9 Å². The Kier molecular flexibility index (Phi) is 6.69. The van der Waals surface area contributed by atoms with Crippen LogP contribution in [0, 0.1) is 0 Å². The first-order chi connectivity index (χ1) is 16.7. The number of aromatic nitrogens is 2. The zero-order valence-electron chi connectivity index (χ0n) is 18.8. The van der Waals surface area contributed by atoms with Gasteiger partial charge in [0, 0.05) is 37.6 Å². The Morgan fingerprint density at radius 2 is 1.68 bits per heavy atom. The molecule has 5 rings (SSSR count). The number of hydrogen-bond acceptors (Lipinski definition) is 6. The lowest BCUT2D eigenvalue weighted by molar-refractivity contribution is -0.133. The van der Waals surface area contributed by atoms with E-state index in [-0.39, 0.29) is 18.0 Å². The molecular weight excluding hydrogens is 448 g/mol. The Morgan fingerprint density at radius 1 is 0.971 bits per heavy atom. The van der Waals surface area contributed by atoms with Gasteiger partial charge in [0.05, 0.1) is 11.8 Å². The predicted octanol–water partition coefficient (Wildman–Crippen LogP) is 3.35. The number of rotatable bonds is 7. The molecule has 0 spiro atoms. The molecule has 7 nitrogen and oxygen atoms in total. The first-order valence-corrected chi connectivity index (χ1v) is 12.2. The van der Waals surface area contributed by atoms with E-state index < -0.39 is 0 Å². The molecule has 0 aliphatic carbocycles. The van der Waals surface area contributed by atoms with Gasteiger partial charge in [0.2, 0.25) is 5.91 Å². The van der Waals surface area contributed by atoms with E-state index in [4.69, 9.17) is 4.74 Å². The number of carbonyl (C=O) groups is 1. The number of fused-ring (bicyclic) bond motifs is 1. The van der Waals surface area contributed by atoms with E-state index in [2.05, 4.69) is 9.88 Å². The number of benzene rings is 2. The van der Waals surface area contributed by atoms with E-state index in [9.17, 15) is 9.59 Å². The second-order valence-corrected chi connectivity index (χ2v) is 9.30. The van der Waals surface area contributed by atoms with Gasteiger partial charge < -0.3 is 9.64 Å². The fourth-order valence-corrected chi connectivity index (χ4v) is 5.14. The molecule has 1 fully saturated rings. The van der Waals surface area contributed by atoms with Crippen molar-refractivity contribution in [3.8, 4) is 16.2 Å². The molecule has 0 radical (unpaired) electrons. The summed E-state index contributed by atoms with van der Waals surface area (Å²) in [6.45, 7) is 4.32. The smallest absolute Gasteiger partial charge is 0.271 e. The van der Waals surface area contributed by atoms with Gasteiger partial charge in [-0.3, -0.25) is 19.1 Å². The van der Waals surface area contributed by atoms with E-state index in [1.165, 1.54) is 22.2 Å². The maximum Gasteiger partial charge on any atom is 0.271 e. The number of piperazine rings is 1. The van der Waals surface area contributed by atoms with E-state index in [0.717, 1.165) is 35.8 Å². The average molecular weight is 475 g/mol. The fraction of sp³-hybridized carbons (Fsp3) is 0.269. The standard InChI is InChI=1S/C26H26N4O3S/c31-24(29-13-11-28(12-14-29)15-16-33-21-9-5-2-6-10-21)18-30-19-27-22-17-23(34-25(22)26(30)32)20-7-3-1-4-8-20/h1-10,17,19H,11-16,18H2. The molecule has 3 heterocycles. The van der Waals surface area contributed by atoms with Crippen molar-refractivity contribution in [1.82, 2.24) is 19.4 Å². The molecule has 1 aliphatic rings. The number of para-hydroxylation sites is 1. The van der Waals surface area contributed by atoms with Crippen molar-refractivity contribution in [2.24, 2.45) is 0 Å². The van der Waals surface area contributed by atoms with Crippen molar-refractivity contribution in [3.05, 3.63) is 83.4 Å². The van der Waals surface area contributed by atoms with Crippen molar-refractivity contribution in [3.63, 3.8) is 0 Å². The summed E-state index contributed by atoms with van der Waals surface area (Å²) in [5.41, 5.74) is 1.56. The van der Waals surface area contributed by atoms with Crippen LogP contribution >= 0.6 is 11.3 Å². The quantitative estimate of drug-likeness (QED) is 0.411. The van der Waals surface area contributed by atoms with Gasteiger partial charge in [-0.1, -0.05) is 48.5 Å². The summed E-state index contributed by atoms with van der Waals surface area (Å²) in [7, 11) is 0. The van der Waals surface area contributed by atoms with Gasteiger partial charge in [0.15, 0.2) is 0 Å². The van der Waals surface area contributed by atoms with Crippen LogP contribution in [0.1, 0.15) is 0 Å². The molecule has 0 unspecified atom stereocenters. The van der Waals surface area contributed by atoms with E-state index in [1.807, 2.05) is 71.6 Å². The van der Waals surface area contributed by atoms with E-state index in [0.29, 0.717) is 29.9 Å². The third kappa shape index (κ3) is 5.03. The Balaban J connectivity index is 1.16. The topological polar surface area (TPSA) is 67.7 Å². The van der Waals surface area contributed by atoms with Crippen molar-refractivity contribution in [2.75, 3.05) is 39.3 Å². The molecular formula is C26H26N4O3S. The molecule has 34 heavy (non-hydrogen) atoms. The summed E-state index contributed by atoms with van der Waals surface area (Å²) in [6.07, 6.45) is 1.49. The Hall–Kier alpha value is -3.49. The number of amides is 1. The van der Waals surface area contributed by atoms with Gasteiger partial charge in [0.25, 0.3) is 5.56 Å². The summed E-state index contributed by atoms with van der Waals surface area (Å²) >= 11 is 1.42. The van der Waals surface area contributed by atoms with Crippen LogP contribution in [0.3, 0.4) is 0 Å². The van der Waals surface area contributed by atoms with E-state index >= 15 is 0 Å². The maximum absolute atomic E-state index is 13.0. The van der Waals surface area contributed by atoms with Crippen LogP contribution in [0.4, 0.5) is 0 Å². The van der Waals surface area contributed by atoms with E-state index in [1.54, 1.807) is 0 Å². The summed E-state index contributed by atoms with van der Waals surface area (Å²) in [5.74, 6) is 0.817. The molecule has 4 aromatic rings. The third-order valence-corrected chi connectivity index (χ3v) is 7.17. The van der Waals surface area contributed by atoms with Gasteiger partial charge in [-0.2, -0.15) is 0 Å². The van der Waals surface area contributed by atoms with Crippen LogP contribution < -0.4 is 10.3 Å². The van der Waals surface area contributed by atoms with Crippen LogP contribution in [0.25, 0.3) is 20.7 Å². The highest BCUT2D eigenvalue weighted by atomic mass is 32.1. The molecule has 2 aromatic heterocycles. The SMILES string of the molecule is O=C(Cn1cnc2cc(-c3ccccc3)sc2c1=O)N1CCN(CCOc2ccccc2)CC1. The lowest BCUT2D eigenvalue weighted by Gasteiger charge is -2.34. The summed E-state index contributed by atoms with van der Waals surface area (Å²) in [6, 6.07) is 21.6. The Morgan fingerprint density at radius 3 is 2.41 bits per heavy atom. The molecule has 0 saturated carbocycles. The predicted molar refractivity (Wildman–Crippen MR) is 134 cm³/mol. The summed E-state index contributed by atoms with van der Waals surface area (Å²) in [4.78, 5) is 35.5. The first-order valence-electron chi connectivity index (χ1n) is 11.4. The van der Waals surface area contributed by atoms with Crippen LogP contribution in [0.2, 0.25) is 0 Å². The minimum atomic E-state index is -0.165. The van der Waals surface area contributed by atoms with Crippen LogP contribution in [-0.4, -0.2) is 64.6 Å². The van der Waals surface area contributed by atoms with Crippen LogP contribution in [0.5, 0.6) is 5.75 Å².